The van der Waals surface area contributed by atoms with Crippen molar-refractivity contribution in [3.05, 3.63) is 108 Å². The minimum atomic E-state index is 0.202. The lowest BCUT2D eigenvalue weighted by molar-refractivity contribution is 0.438. The molecule has 3 heteroatoms. The molecule has 4 rings (SSSR count). The van der Waals surface area contributed by atoms with Crippen LogP contribution in [0.2, 0.25) is 0 Å². The maximum absolute atomic E-state index is 10.7. The monoisotopic (exact) mass is 352 g/mol. The molecule has 0 unspecified atom stereocenters. The Labute approximate surface area is 158 Å². The van der Waals surface area contributed by atoms with Crippen molar-refractivity contribution in [1.29, 1.82) is 0 Å². The molecule has 1 aliphatic rings. The number of anilines is 2. The minimum Gasteiger partial charge on any atom is -0.507 e. The summed E-state index contributed by atoms with van der Waals surface area (Å²) in [4.78, 5) is 0. The number of aliphatic hydroxyl groups excluding tert-OH is 1. The summed E-state index contributed by atoms with van der Waals surface area (Å²) in [5.74, 6) is 0.202. The maximum atomic E-state index is 10.7. The van der Waals surface area contributed by atoms with E-state index >= 15 is 0 Å². The van der Waals surface area contributed by atoms with Gasteiger partial charge in [0.2, 0.25) is 0 Å². The predicted molar refractivity (Wildman–Crippen MR) is 114 cm³/mol. The van der Waals surface area contributed by atoms with Crippen LogP contribution < -0.4 is 11.1 Å². The molecule has 3 aromatic carbocycles. The average molecular weight is 352 g/mol. The van der Waals surface area contributed by atoms with E-state index in [2.05, 4.69) is 11.4 Å². The molecule has 0 atom stereocenters. The summed E-state index contributed by atoms with van der Waals surface area (Å²) in [6.45, 7) is 0. The smallest absolute Gasteiger partial charge is 0.123 e. The Balaban J connectivity index is 2.01. The minimum absolute atomic E-state index is 0.202. The van der Waals surface area contributed by atoms with Crippen molar-refractivity contribution in [2.75, 3.05) is 11.1 Å². The Morgan fingerprint density at radius 3 is 2.44 bits per heavy atom. The van der Waals surface area contributed by atoms with Gasteiger partial charge in [-0.1, -0.05) is 54.6 Å². The number of hydrogen-bond acceptors (Lipinski definition) is 3. The van der Waals surface area contributed by atoms with Crippen molar-refractivity contribution >= 4 is 23.0 Å². The third kappa shape index (κ3) is 3.48. The van der Waals surface area contributed by atoms with Crippen molar-refractivity contribution < 1.29 is 5.11 Å². The number of rotatable bonds is 1. The van der Waals surface area contributed by atoms with E-state index in [0.717, 1.165) is 33.5 Å². The van der Waals surface area contributed by atoms with Crippen LogP contribution in [0.15, 0.2) is 96.9 Å². The zero-order valence-electron chi connectivity index (χ0n) is 14.8. The summed E-state index contributed by atoms with van der Waals surface area (Å²) in [6, 6.07) is 23.8. The van der Waals surface area contributed by atoms with Crippen LogP contribution in [0.3, 0.4) is 0 Å². The first-order chi connectivity index (χ1) is 13.2. The van der Waals surface area contributed by atoms with Crippen molar-refractivity contribution in [2.24, 2.45) is 0 Å². The molecule has 0 bridgehead atoms. The van der Waals surface area contributed by atoms with E-state index in [1.807, 2.05) is 79.0 Å². The van der Waals surface area contributed by atoms with Gasteiger partial charge in [-0.25, -0.2) is 0 Å². The first-order valence-corrected chi connectivity index (χ1v) is 8.81. The first kappa shape index (κ1) is 16.7. The number of allylic oxidation sites excluding steroid dienone is 3. The molecule has 1 aliphatic heterocycles. The topological polar surface area (TPSA) is 58.3 Å². The number of hydrogen-bond donors (Lipinski definition) is 3. The summed E-state index contributed by atoms with van der Waals surface area (Å²) in [7, 11) is 0. The largest absolute Gasteiger partial charge is 0.507 e. The molecule has 132 valence electrons. The lowest BCUT2D eigenvalue weighted by Crippen LogP contribution is -1.95. The average Bonchev–Trinajstić information content (AvgIpc) is 2.73. The first-order valence-electron chi connectivity index (χ1n) is 8.81. The molecule has 3 nitrogen and oxygen atoms in total. The summed E-state index contributed by atoms with van der Waals surface area (Å²) in [6.07, 6.45) is 7.31. The van der Waals surface area contributed by atoms with Crippen LogP contribution in [-0.2, 0) is 0 Å². The van der Waals surface area contributed by atoms with Crippen LogP contribution in [0.25, 0.3) is 22.8 Å². The molecule has 3 aromatic rings. The van der Waals surface area contributed by atoms with Gasteiger partial charge in [0.15, 0.2) is 0 Å². The summed E-state index contributed by atoms with van der Waals surface area (Å²) >= 11 is 0. The summed E-state index contributed by atoms with van der Waals surface area (Å²) in [5.41, 5.74) is 12.5. The highest BCUT2D eigenvalue weighted by Gasteiger charge is 2.12. The van der Waals surface area contributed by atoms with Crippen LogP contribution in [0.5, 0.6) is 0 Å². The zero-order chi connectivity index (χ0) is 18.6. The van der Waals surface area contributed by atoms with Crippen molar-refractivity contribution in [1.82, 2.24) is 0 Å². The van der Waals surface area contributed by atoms with Gasteiger partial charge in [-0.2, -0.15) is 0 Å². The van der Waals surface area contributed by atoms with Gasteiger partial charge in [-0.15, -0.1) is 0 Å². The molecule has 4 N–H and O–H groups in total. The van der Waals surface area contributed by atoms with E-state index < -0.39 is 0 Å². The molecule has 0 saturated carbocycles. The Kier molecular flexibility index (Phi) is 4.50. The van der Waals surface area contributed by atoms with E-state index in [4.69, 9.17) is 5.73 Å². The van der Waals surface area contributed by atoms with Gasteiger partial charge in [0.1, 0.15) is 5.76 Å². The molecule has 0 amide bonds. The third-order valence-electron chi connectivity index (χ3n) is 4.54. The Morgan fingerprint density at radius 2 is 1.59 bits per heavy atom. The van der Waals surface area contributed by atoms with Crippen LogP contribution in [0.4, 0.5) is 11.4 Å². The van der Waals surface area contributed by atoms with E-state index in [0.29, 0.717) is 5.69 Å². The Hall–Kier alpha value is -3.72. The SMILES string of the molecule is Nc1ccc2c(c1)-c1ccccc1N/C=C/C=C(O)\C(c1ccccc1)=C/2. The summed E-state index contributed by atoms with van der Waals surface area (Å²) < 4.78 is 0. The number of aliphatic hydroxyl groups is 1. The summed E-state index contributed by atoms with van der Waals surface area (Å²) in [5, 5.41) is 14.0. The van der Waals surface area contributed by atoms with Gasteiger partial charge in [0.25, 0.3) is 0 Å². The molecule has 0 aromatic heterocycles. The fourth-order valence-corrected chi connectivity index (χ4v) is 3.22. The number of nitrogens with one attached hydrogen (secondary N) is 1. The molecule has 0 aliphatic carbocycles. The molecular weight excluding hydrogens is 332 g/mol. The van der Waals surface area contributed by atoms with Gasteiger partial charge in [-0.05, 0) is 53.1 Å². The van der Waals surface area contributed by atoms with E-state index in [9.17, 15) is 5.11 Å². The van der Waals surface area contributed by atoms with Gasteiger partial charge in [-0.3, -0.25) is 0 Å². The quantitative estimate of drug-likeness (QED) is 0.481. The molecule has 0 spiro atoms. The second-order valence-corrected chi connectivity index (χ2v) is 6.37. The lowest BCUT2D eigenvalue weighted by atomic mass is 9.94. The number of fused-ring (bicyclic) bond motifs is 3. The number of nitrogen functional groups attached to an aromatic ring is 1. The van der Waals surface area contributed by atoms with Crippen LogP contribution in [-0.4, -0.2) is 5.11 Å². The molecule has 27 heavy (non-hydrogen) atoms. The second kappa shape index (κ2) is 7.26. The van der Waals surface area contributed by atoms with Gasteiger partial charge in [0, 0.05) is 28.7 Å². The van der Waals surface area contributed by atoms with Gasteiger partial charge >= 0.3 is 0 Å². The molecule has 1 heterocycles. The lowest BCUT2D eigenvalue weighted by Gasteiger charge is -2.14. The molecule has 0 fully saturated rings. The van der Waals surface area contributed by atoms with Crippen molar-refractivity contribution in [2.45, 2.75) is 0 Å². The van der Waals surface area contributed by atoms with Gasteiger partial charge < -0.3 is 16.2 Å². The third-order valence-corrected chi connectivity index (χ3v) is 4.54. The van der Waals surface area contributed by atoms with Crippen LogP contribution in [0.1, 0.15) is 11.1 Å². The number of nitrogens with two attached hydrogens (primary N) is 1. The number of para-hydroxylation sites is 1. The molecular formula is C24H20N2O. The second-order valence-electron chi connectivity index (χ2n) is 6.37. The standard InChI is InChI=1S/C24H20N2O/c25-19-13-12-18-15-22(17-7-2-1-3-8-17)24(27)11-6-14-26-23-10-5-4-9-20(23)21(18)16-19/h1-16,26-27H,25H2/b14-6+,22-15-,24-11+. The van der Waals surface area contributed by atoms with Crippen LogP contribution in [0, 0.1) is 0 Å². The molecule has 0 radical (unpaired) electrons. The molecule has 0 saturated heterocycles. The Bertz CT molecular complexity index is 1060. The van der Waals surface area contributed by atoms with Crippen molar-refractivity contribution in [3.63, 3.8) is 0 Å². The fraction of sp³-hybridized carbons (Fsp3) is 0. The van der Waals surface area contributed by atoms with Crippen molar-refractivity contribution in [3.8, 4) is 11.1 Å². The Morgan fingerprint density at radius 1 is 0.815 bits per heavy atom. The van der Waals surface area contributed by atoms with Gasteiger partial charge in [0.05, 0.1) is 0 Å². The highest BCUT2D eigenvalue weighted by atomic mass is 16.3. The maximum Gasteiger partial charge on any atom is 0.123 e. The normalized spacial score (nSPS) is 18.4. The van der Waals surface area contributed by atoms with E-state index in [1.54, 1.807) is 12.2 Å². The van der Waals surface area contributed by atoms with Crippen LogP contribution >= 0.6 is 0 Å². The zero-order valence-corrected chi connectivity index (χ0v) is 14.8. The predicted octanol–water partition coefficient (Wildman–Crippen LogP) is 5.86. The van der Waals surface area contributed by atoms with E-state index in [-0.39, 0.29) is 5.76 Å². The highest BCUT2D eigenvalue weighted by molar-refractivity contribution is 5.95. The van der Waals surface area contributed by atoms with E-state index in [1.165, 1.54) is 0 Å². The number of benzene rings is 3. The fourth-order valence-electron chi connectivity index (χ4n) is 3.22. The highest BCUT2D eigenvalue weighted by Crippen LogP contribution is 2.35.